The van der Waals surface area contributed by atoms with Gasteiger partial charge in [0.2, 0.25) is 0 Å². The molecule has 0 bridgehead atoms. The van der Waals surface area contributed by atoms with E-state index in [0.29, 0.717) is 10.9 Å². The van der Waals surface area contributed by atoms with E-state index in [-0.39, 0.29) is 23.9 Å². The van der Waals surface area contributed by atoms with Crippen molar-refractivity contribution >= 4 is 38.8 Å². The predicted molar refractivity (Wildman–Crippen MR) is 114 cm³/mol. The van der Waals surface area contributed by atoms with Crippen LogP contribution in [0.4, 0.5) is 4.79 Å². The lowest BCUT2D eigenvalue weighted by Gasteiger charge is -2.41. The Morgan fingerprint density at radius 3 is 2.10 bits per heavy atom. The minimum Gasteiger partial charge on any atom is -0.480 e. The van der Waals surface area contributed by atoms with Gasteiger partial charge < -0.3 is 10.0 Å². The highest BCUT2D eigenvalue weighted by Gasteiger charge is 2.34. The molecule has 1 atom stereocenters. The Kier molecular flexibility index (Phi) is 7.84. The molecule has 0 aromatic carbocycles. The van der Waals surface area contributed by atoms with Crippen LogP contribution in [0.15, 0.2) is 4.99 Å². The molecular formula is C19H31N3O5S2. The summed E-state index contributed by atoms with van der Waals surface area (Å²) in [5.74, 6) is -2.12. The number of sulfone groups is 1. The third-order valence-electron chi connectivity index (χ3n) is 5.89. The maximum atomic E-state index is 13.2. The quantitative estimate of drug-likeness (QED) is 0.649. The van der Waals surface area contributed by atoms with Crippen LogP contribution >= 0.6 is 11.8 Å². The number of rotatable bonds is 6. The summed E-state index contributed by atoms with van der Waals surface area (Å²) in [5.41, 5.74) is 0. The minimum absolute atomic E-state index is 0.121. The largest absolute Gasteiger partial charge is 0.480 e. The van der Waals surface area contributed by atoms with Crippen LogP contribution in [0.25, 0.3) is 0 Å². The number of amidine groups is 1. The number of thioether (sulfide) groups is 1. The number of hydrogen-bond donors (Lipinski definition) is 2. The highest BCUT2D eigenvalue weighted by Crippen LogP contribution is 2.30. The predicted octanol–water partition coefficient (Wildman–Crippen LogP) is 2.63. The Morgan fingerprint density at radius 2 is 1.59 bits per heavy atom. The molecule has 1 unspecified atom stereocenters. The van der Waals surface area contributed by atoms with Gasteiger partial charge in [0.25, 0.3) is 0 Å². The van der Waals surface area contributed by atoms with Crippen LogP contribution in [-0.4, -0.2) is 71.0 Å². The number of carboxylic acids is 1. The fraction of sp³-hybridized carbons (Fsp3) is 0.842. The van der Waals surface area contributed by atoms with Crippen LogP contribution in [0, 0.1) is 0 Å². The van der Waals surface area contributed by atoms with Crippen molar-refractivity contribution in [3.05, 3.63) is 0 Å². The molecule has 0 radical (unpaired) electrons. The van der Waals surface area contributed by atoms with Crippen LogP contribution in [0.3, 0.4) is 0 Å². The summed E-state index contributed by atoms with van der Waals surface area (Å²) in [5, 5.41) is 12.1. The standard InChI is InChI=1S/C19H31N3O5S2/c23-17(24)13-29(26,27)12-14-11-28-18(20-14)21-19(25)22(15-7-3-1-4-8-15)16-9-5-2-6-10-16/h14-16H,1-13H2,(H,23,24)(H,20,21,25). The first kappa shape index (κ1) is 22.4. The van der Waals surface area contributed by atoms with E-state index in [1.807, 2.05) is 0 Å². The van der Waals surface area contributed by atoms with E-state index >= 15 is 0 Å². The fourth-order valence-corrected chi connectivity index (χ4v) is 6.96. The average Bonchev–Trinajstić information content (AvgIpc) is 3.08. The van der Waals surface area contributed by atoms with E-state index in [1.54, 1.807) is 0 Å². The van der Waals surface area contributed by atoms with Crippen molar-refractivity contribution in [3.8, 4) is 0 Å². The lowest BCUT2D eigenvalue weighted by Crippen LogP contribution is -2.53. The number of amides is 2. The van der Waals surface area contributed by atoms with Gasteiger partial charge in [0, 0.05) is 17.8 Å². The zero-order valence-electron chi connectivity index (χ0n) is 16.7. The van der Waals surface area contributed by atoms with Gasteiger partial charge in [-0.25, -0.2) is 13.2 Å². The molecular weight excluding hydrogens is 414 g/mol. The van der Waals surface area contributed by atoms with E-state index in [4.69, 9.17) is 5.11 Å². The topological polar surface area (TPSA) is 116 Å². The van der Waals surface area contributed by atoms with Gasteiger partial charge in [-0.1, -0.05) is 50.3 Å². The first-order valence-corrected chi connectivity index (χ1v) is 13.4. The number of aliphatic carboxylic acids is 1. The molecule has 1 heterocycles. The number of hydrogen-bond acceptors (Lipinski definition) is 6. The zero-order chi connectivity index (χ0) is 20.9. The fourth-order valence-electron chi connectivity index (χ4n) is 4.61. The Hall–Kier alpha value is -1.29. The van der Waals surface area contributed by atoms with E-state index < -0.39 is 27.6 Å². The summed E-state index contributed by atoms with van der Waals surface area (Å²) < 4.78 is 23.8. The smallest absolute Gasteiger partial charge is 0.323 e. The molecule has 2 saturated carbocycles. The molecule has 2 amide bonds. The Labute approximate surface area is 176 Å². The van der Waals surface area contributed by atoms with Crippen LogP contribution in [0.2, 0.25) is 0 Å². The van der Waals surface area contributed by atoms with Gasteiger partial charge >= 0.3 is 12.0 Å². The summed E-state index contributed by atoms with van der Waals surface area (Å²) in [4.78, 5) is 30.2. The average molecular weight is 446 g/mol. The highest BCUT2D eigenvalue weighted by molar-refractivity contribution is 8.14. The molecule has 29 heavy (non-hydrogen) atoms. The molecule has 0 aromatic heterocycles. The molecule has 3 rings (SSSR count). The molecule has 164 valence electrons. The minimum atomic E-state index is -3.71. The van der Waals surface area contributed by atoms with Gasteiger partial charge in [-0.3, -0.25) is 15.1 Å². The number of carbonyl (C=O) groups is 2. The third kappa shape index (κ3) is 6.60. The maximum absolute atomic E-state index is 13.2. The van der Waals surface area contributed by atoms with Crippen LogP contribution in [0.1, 0.15) is 64.2 Å². The molecule has 0 saturated heterocycles. The highest BCUT2D eigenvalue weighted by atomic mass is 32.2. The Balaban J connectivity index is 1.63. The van der Waals surface area contributed by atoms with E-state index in [0.717, 1.165) is 51.4 Å². The Morgan fingerprint density at radius 1 is 1.03 bits per heavy atom. The second kappa shape index (κ2) is 10.1. The van der Waals surface area contributed by atoms with Gasteiger partial charge in [-0.05, 0) is 25.7 Å². The molecule has 0 spiro atoms. The lowest BCUT2D eigenvalue weighted by atomic mass is 9.89. The summed E-state index contributed by atoms with van der Waals surface area (Å²) in [6, 6.07) is -0.0993. The van der Waals surface area contributed by atoms with Crippen molar-refractivity contribution in [3.63, 3.8) is 0 Å². The first-order valence-electron chi connectivity index (χ1n) is 10.6. The lowest BCUT2D eigenvalue weighted by molar-refractivity contribution is -0.134. The van der Waals surface area contributed by atoms with Crippen molar-refractivity contribution in [1.82, 2.24) is 10.2 Å². The van der Waals surface area contributed by atoms with Gasteiger partial charge in [-0.2, -0.15) is 0 Å². The van der Waals surface area contributed by atoms with Crippen molar-refractivity contribution in [2.75, 3.05) is 17.3 Å². The third-order valence-corrected chi connectivity index (χ3v) is 8.50. The summed E-state index contributed by atoms with van der Waals surface area (Å²) >= 11 is 1.33. The number of urea groups is 1. The summed E-state index contributed by atoms with van der Waals surface area (Å²) in [7, 11) is -3.71. The van der Waals surface area contributed by atoms with Gasteiger partial charge in [0.05, 0.1) is 11.8 Å². The van der Waals surface area contributed by atoms with Crippen LogP contribution < -0.4 is 5.32 Å². The number of nitrogens with one attached hydrogen (secondary N) is 1. The molecule has 2 aliphatic carbocycles. The van der Waals surface area contributed by atoms with Crippen LogP contribution in [0.5, 0.6) is 0 Å². The van der Waals surface area contributed by atoms with Crippen molar-refractivity contribution in [2.24, 2.45) is 4.99 Å². The van der Waals surface area contributed by atoms with Crippen LogP contribution in [-0.2, 0) is 14.6 Å². The molecule has 2 fully saturated rings. The van der Waals surface area contributed by atoms with E-state index in [1.165, 1.54) is 24.6 Å². The maximum Gasteiger partial charge on any atom is 0.323 e. The molecule has 8 nitrogen and oxygen atoms in total. The van der Waals surface area contributed by atoms with Crippen molar-refractivity contribution in [1.29, 1.82) is 0 Å². The SMILES string of the molecule is O=C(O)CS(=O)(=O)CC1CSC(NC(=O)N(C2CCCCC2)C2CCCCC2)=N1. The second-order valence-corrected chi connectivity index (χ2v) is 11.4. The number of nitrogens with zero attached hydrogens (tertiary/aromatic N) is 2. The van der Waals surface area contributed by atoms with Gasteiger partial charge in [-0.15, -0.1) is 0 Å². The summed E-state index contributed by atoms with van der Waals surface area (Å²) in [6.07, 6.45) is 11.2. The monoisotopic (exact) mass is 445 g/mol. The molecule has 10 heteroatoms. The number of carboxylic acid groups (broad SMARTS) is 1. The van der Waals surface area contributed by atoms with Crippen molar-refractivity contribution in [2.45, 2.75) is 82.3 Å². The zero-order valence-corrected chi connectivity index (χ0v) is 18.3. The molecule has 3 aliphatic rings. The molecule has 0 aromatic rings. The molecule has 2 N–H and O–H groups in total. The normalized spacial score (nSPS) is 24.1. The Bertz CT molecular complexity index is 710. The number of carbonyl (C=O) groups excluding carboxylic acids is 1. The summed E-state index contributed by atoms with van der Waals surface area (Å²) in [6.45, 7) is 0. The van der Waals surface area contributed by atoms with Crippen molar-refractivity contribution < 1.29 is 23.1 Å². The number of aliphatic imine (C=N–C) groups is 1. The van der Waals surface area contributed by atoms with E-state index in [2.05, 4.69) is 15.2 Å². The molecule has 1 aliphatic heterocycles. The first-order chi connectivity index (χ1) is 13.8. The second-order valence-electron chi connectivity index (χ2n) is 8.27. The van der Waals surface area contributed by atoms with Gasteiger partial charge in [0.15, 0.2) is 15.0 Å². The van der Waals surface area contributed by atoms with E-state index in [9.17, 15) is 18.0 Å². The van der Waals surface area contributed by atoms with Gasteiger partial charge in [0.1, 0.15) is 5.75 Å².